The number of nitro groups is 1. The highest BCUT2D eigenvalue weighted by atomic mass is 19.4. The van der Waals surface area contributed by atoms with Crippen molar-refractivity contribution in [2.24, 2.45) is 0 Å². The molecule has 6 rings (SSSR count). The quantitative estimate of drug-likeness (QED) is 0.129. The maximum atomic E-state index is 12.4. The molecule has 0 bridgehead atoms. The third-order valence-electron chi connectivity index (χ3n) is 8.47. The highest BCUT2D eigenvalue weighted by Gasteiger charge is 2.32. The van der Waals surface area contributed by atoms with Crippen molar-refractivity contribution in [2.75, 3.05) is 24.6 Å². The van der Waals surface area contributed by atoms with Crippen LogP contribution in [0.3, 0.4) is 0 Å². The van der Waals surface area contributed by atoms with E-state index < -0.39 is 11.3 Å². The molecule has 1 saturated heterocycles. The third kappa shape index (κ3) is 8.29. The number of anilines is 1. The number of benzene rings is 3. The first-order valence-corrected chi connectivity index (χ1v) is 15.7. The first-order valence-electron chi connectivity index (χ1n) is 15.7. The summed E-state index contributed by atoms with van der Waals surface area (Å²) in [5.74, 6) is 0.916. The standard InChI is InChI=1S/C34H36F3N5O6/c1-23-18-41(27-7-13-29(14-8-27)46-22-31-15-16-39-20-32(42(43)44)38-33(39)47-31)24(2)17-40(23)19-25-3-9-28(10-4-25)45-21-26-5-11-30(12-6-26)48-34(35,36)37/h3-14,20,23-24,31H,15-19,21-22H2,1-2H3/t23-,24+,31+/m1/s1. The van der Waals surface area contributed by atoms with E-state index in [1.165, 1.54) is 18.3 Å². The van der Waals surface area contributed by atoms with Crippen LogP contribution in [0.4, 0.5) is 24.7 Å². The number of hydrogen-bond donors (Lipinski definition) is 0. The molecular formula is C34H36F3N5O6. The molecule has 0 amide bonds. The minimum atomic E-state index is -4.72. The predicted molar refractivity (Wildman–Crippen MR) is 170 cm³/mol. The number of piperazine rings is 1. The van der Waals surface area contributed by atoms with Crippen molar-refractivity contribution in [1.29, 1.82) is 0 Å². The van der Waals surface area contributed by atoms with Crippen LogP contribution in [0.5, 0.6) is 23.3 Å². The minimum absolute atomic E-state index is 0.223. The van der Waals surface area contributed by atoms with Crippen LogP contribution in [0, 0.1) is 10.1 Å². The van der Waals surface area contributed by atoms with Gasteiger partial charge in [0.25, 0.3) is 0 Å². The van der Waals surface area contributed by atoms with Crippen LogP contribution in [-0.4, -0.2) is 63.6 Å². The first-order chi connectivity index (χ1) is 23.0. The van der Waals surface area contributed by atoms with E-state index in [1.807, 2.05) is 36.4 Å². The fourth-order valence-corrected chi connectivity index (χ4v) is 5.92. The lowest BCUT2D eigenvalue weighted by atomic mass is 10.1. The van der Waals surface area contributed by atoms with Crippen LogP contribution in [0.2, 0.25) is 0 Å². The van der Waals surface area contributed by atoms with Gasteiger partial charge in [-0.15, -0.1) is 13.2 Å². The first kappa shape index (κ1) is 32.9. The Labute approximate surface area is 275 Å². The Morgan fingerprint density at radius 3 is 2.23 bits per heavy atom. The van der Waals surface area contributed by atoms with E-state index in [1.54, 1.807) is 16.7 Å². The second kappa shape index (κ2) is 14.0. The topological polar surface area (TPSA) is 104 Å². The van der Waals surface area contributed by atoms with Crippen LogP contribution in [0.25, 0.3) is 0 Å². The van der Waals surface area contributed by atoms with Gasteiger partial charge in [0.05, 0.1) is 0 Å². The number of fused-ring (bicyclic) bond motifs is 1. The van der Waals surface area contributed by atoms with Gasteiger partial charge in [-0.25, -0.2) is 0 Å². The summed E-state index contributed by atoms with van der Waals surface area (Å²) < 4.78 is 60.3. The highest BCUT2D eigenvalue weighted by molar-refractivity contribution is 5.50. The summed E-state index contributed by atoms with van der Waals surface area (Å²) in [4.78, 5) is 19.3. The van der Waals surface area contributed by atoms with Crippen molar-refractivity contribution in [3.05, 3.63) is 100 Å². The summed E-state index contributed by atoms with van der Waals surface area (Å²) in [7, 11) is 0. The molecule has 0 aliphatic carbocycles. The second-order valence-corrected chi connectivity index (χ2v) is 12.1. The lowest BCUT2D eigenvalue weighted by molar-refractivity contribution is -0.389. The smallest absolute Gasteiger partial charge is 0.490 e. The van der Waals surface area contributed by atoms with Crippen LogP contribution in [-0.2, 0) is 19.7 Å². The molecule has 0 unspecified atom stereocenters. The number of nitrogens with zero attached hydrogens (tertiary/aromatic N) is 5. The van der Waals surface area contributed by atoms with Gasteiger partial charge in [-0.05, 0) is 78.4 Å². The molecule has 3 atom stereocenters. The molecule has 2 aliphatic heterocycles. The second-order valence-electron chi connectivity index (χ2n) is 12.1. The number of halogens is 3. The van der Waals surface area contributed by atoms with E-state index in [9.17, 15) is 23.3 Å². The molecule has 11 nitrogen and oxygen atoms in total. The molecule has 3 heterocycles. The third-order valence-corrected chi connectivity index (χ3v) is 8.47. The van der Waals surface area contributed by atoms with Gasteiger partial charge in [0.2, 0.25) is 0 Å². The number of alkyl halides is 3. The Balaban J connectivity index is 0.954. The zero-order valence-electron chi connectivity index (χ0n) is 26.5. The lowest BCUT2D eigenvalue weighted by Gasteiger charge is -2.45. The van der Waals surface area contributed by atoms with Gasteiger partial charge in [0.15, 0.2) is 0 Å². The van der Waals surface area contributed by atoms with Crippen molar-refractivity contribution in [2.45, 2.75) is 64.5 Å². The van der Waals surface area contributed by atoms with Gasteiger partial charge in [-0.2, -0.15) is 0 Å². The Hall–Kier alpha value is -4.98. The normalized spacial score (nSPS) is 19.7. The van der Waals surface area contributed by atoms with Crippen molar-refractivity contribution in [3.8, 4) is 23.3 Å². The molecule has 4 aromatic rings. The molecule has 14 heteroatoms. The minimum Gasteiger partial charge on any atom is -0.490 e. The number of imidazole rings is 1. The highest BCUT2D eigenvalue weighted by Crippen LogP contribution is 2.29. The number of aromatic nitrogens is 2. The van der Waals surface area contributed by atoms with E-state index in [0.717, 1.165) is 42.2 Å². The van der Waals surface area contributed by atoms with Crippen molar-refractivity contribution in [1.82, 2.24) is 14.5 Å². The summed E-state index contributed by atoms with van der Waals surface area (Å²) in [5.41, 5.74) is 3.01. The largest absolute Gasteiger partial charge is 0.573 e. The zero-order chi connectivity index (χ0) is 33.8. The molecular weight excluding hydrogens is 631 g/mol. The molecule has 0 N–H and O–H groups in total. The molecule has 1 fully saturated rings. The van der Waals surface area contributed by atoms with Gasteiger partial charge >= 0.3 is 18.2 Å². The molecule has 0 spiro atoms. The lowest BCUT2D eigenvalue weighted by Crippen LogP contribution is -2.56. The summed E-state index contributed by atoms with van der Waals surface area (Å²) in [6, 6.07) is 22.4. The van der Waals surface area contributed by atoms with Crippen LogP contribution < -0.4 is 23.8 Å². The summed E-state index contributed by atoms with van der Waals surface area (Å²) in [6.07, 6.45) is -2.90. The molecule has 254 valence electrons. The van der Waals surface area contributed by atoms with E-state index in [2.05, 4.69) is 45.5 Å². The molecule has 0 radical (unpaired) electrons. The fraction of sp³-hybridized carbons (Fsp3) is 0.382. The van der Waals surface area contributed by atoms with Crippen molar-refractivity contribution in [3.63, 3.8) is 0 Å². The van der Waals surface area contributed by atoms with Crippen molar-refractivity contribution < 1.29 is 37.0 Å². The van der Waals surface area contributed by atoms with E-state index in [4.69, 9.17) is 14.2 Å². The van der Waals surface area contributed by atoms with Gasteiger partial charge < -0.3 is 34.0 Å². The predicted octanol–water partition coefficient (Wildman–Crippen LogP) is 6.60. The van der Waals surface area contributed by atoms with E-state index >= 15 is 0 Å². The maximum Gasteiger partial charge on any atom is 0.573 e. The summed E-state index contributed by atoms with van der Waals surface area (Å²) >= 11 is 0. The summed E-state index contributed by atoms with van der Waals surface area (Å²) in [6.45, 7) is 8.12. The monoisotopic (exact) mass is 667 g/mol. The van der Waals surface area contributed by atoms with Crippen molar-refractivity contribution >= 4 is 11.5 Å². The number of hydrogen-bond acceptors (Lipinski definition) is 9. The number of rotatable bonds is 11. The van der Waals surface area contributed by atoms with Gasteiger partial charge in [0, 0.05) is 55.4 Å². The number of ether oxygens (including phenoxy) is 4. The van der Waals surface area contributed by atoms with Crippen LogP contribution in [0.1, 0.15) is 31.4 Å². The average molecular weight is 668 g/mol. The van der Waals surface area contributed by atoms with Gasteiger partial charge in [-0.1, -0.05) is 24.3 Å². The van der Waals surface area contributed by atoms with Gasteiger partial charge in [0.1, 0.15) is 42.8 Å². The van der Waals surface area contributed by atoms with E-state index in [0.29, 0.717) is 31.4 Å². The molecule has 0 saturated carbocycles. The van der Waals surface area contributed by atoms with Crippen LogP contribution in [0.15, 0.2) is 79.0 Å². The SMILES string of the molecule is C[C@@H]1CN(c2ccc(OC[C@@H]3CCn4cc([N+](=O)[O-])nc4O3)cc2)[C@@H](C)CN1Cc1ccc(OCc2ccc(OC(F)(F)F)cc2)cc1. The maximum absolute atomic E-state index is 12.4. The van der Waals surface area contributed by atoms with Gasteiger partial charge in [-0.3, -0.25) is 9.47 Å². The Bertz CT molecular complexity index is 1680. The average Bonchev–Trinajstić information content (AvgIpc) is 3.49. The molecule has 48 heavy (non-hydrogen) atoms. The molecule has 1 aromatic heterocycles. The molecule has 2 aliphatic rings. The Morgan fingerprint density at radius 1 is 0.896 bits per heavy atom. The Kier molecular flexibility index (Phi) is 9.62. The summed E-state index contributed by atoms with van der Waals surface area (Å²) in [5, 5.41) is 11.0. The Morgan fingerprint density at radius 2 is 1.54 bits per heavy atom. The van der Waals surface area contributed by atoms with Crippen LogP contribution >= 0.6 is 0 Å². The fourth-order valence-electron chi connectivity index (χ4n) is 5.92. The zero-order valence-corrected chi connectivity index (χ0v) is 26.5. The molecule has 3 aromatic carbocycles. The number of aryl methyl sites for hydroxylation is 1. The van der Waals surface area contributed by atoms with E-state index in [-0.39, 0.29) is 36.3 Å².